The van der Waals surface area contributed by atoms with E-state index in [4.69, 9.17) is 10.5 Å². The van der Waals surface area contributed by atoms with Gasteiger partial charge in [0.05, 0.1) is 5.60 Å². The fourth-order valence-corrected chi connectivity index (χ4v) is 3.40. The highest BCUT2D eigenvalue weighted by Crippen LogP contribution is 2.53. The maximum Gasteiger partial charge on any atom is 0.224 e. The summed E-state index contributed by atoms with van der Waals surface area (Å²) in [4.78, 5) is 14.4. The van der Waals surface area contributed by atoms with Gasteiger partial charge in [-0.05, 0) is 18.9 Å². The van der Waals surface area contributed by atoms with Gasteiger partial charge in [-0.2, -0.15) is 0 Å². The predicted octanol–water partition coefficient (Wildman–Crippen LogP) is 2.74. The molecule has 4 heteroatoms. The number of hydrogen-bond acceptors (Lipinski definition) is 3. The van der Waals surface area contributed by atoms with E-state index in [0.29, 0.717) is 6.42 Å². The van der Waals surface area contributed by atoms with Crippen molar-refractivity contribution in [3.05, 3.63) is 35.9 Å². The Hall–Kier alpha value is -1.39. The summed E-state index contributed by atoms with van der Waals surface area (Å²) in [6.45, 7) is 6.43. The van der Waals surface area contributed by atoms with Crippen LogP contribution in [0.25, 0.3) is 0 Å². The van der Waals surface area contributed by atoms with E-state index in [2.05, 4.69) is 20.8 Å². The molecule has 3 unspecified atom stereocenters. The summed E-state index contributed by atoms with van der Waals surface area (Å²) in [5, 5.41) is 0. The quantitative estimate of drug-likeness (QED) is 0.910. The minimum atomic E-state index is -0.256. The molecule has 0 heterocycles. The number of benzene rings is 1. The Bertz CT molecular complexity index is 529. The molecule has 1 aliphatic rings. The summed E-state index contributed by atoms with van der Waals surface area (Å²) in [5.74, 6) is 0.0904. The lowest BCUT2D eigenvalue weighted by molar-refractivity contribution is -0.207. The fraction of sp³-hybridized carbons (Fsp3) is 0.611. The van der Waals surface area contributed by atoms with Crippen LogP contribution in [0.5, 0.6) is 0 Å². The Morgan fingerprint density at radius 1 is 1.36 bits per heavy atom. The second-order valence-electron chi connectivity index (χ2n) is 7.10. The van der Waals surface area contributed by atoms with E-state index in [1.807, 2.05) is 42.3 Å². The van der Waals surface area contributed by atoms with Crippen molar-refractivity contribution in [3.63, 3.8) is 0 Å². The average Bonchev–Trinajstić information content (AvgIpc) is 2.52. The van der Waals surface area contributed by atoms with E-state index in [0.717, 1.165) is 12.0 Å². The summed E-state index contributed by atoms with van der Waals surface area (Å²) in [7, 11) is 3.62. The Kier molecular flexibility index (Phi) is 4.64. The van der Waals surface area contributed by atoms with E-state index in [1.165, 1.54) is 0 Å². The molecule has 2 N–H and O–H groups in total. The Morgan fingerprint density at radius 2 is 1.95 bits per heavy atom. The van der Waals surface area contributed by atoms with Gasteiger partial charge in [0.2, 0.25) is 5.91 Å². The van der Waals surface area contributed by atoms with Gasteiger partial charge < -0.3 is 15.4 Å². The molecule has 4 nitrogen and oxygen atoms in total. The van der Waals surface area contributed by atoms with Crippen LogP contribution in [0.4, 0.5) is 0 Å². The lowest BCUT2D eigenvalue weighted by Gasteiger charge is -2.61. The molecule has 122 valence electrons. The van der Waals surface area contributed by atoms with Crippen molar-refractivity contribution in [1.82, 2.24) is 4.90 Å². The maximum atomic E-state index is 12.6. The molecule has 1 aromatic carbocycles. The monoisotopic (exact) mass is 304 g/mol. The molecular formula is C18H28N2O2. The highest BCUT2D eigenvalue weighted by atomic mass is 16.5. The summed E-state index contributed by atoms with van der Waals surface area (Å²) in [6, 6.07) is 9.71. The molecule has 1 amide bonds. The maximum absolute atomic E-state index is 12.6. The first-order valence-corrected chi connectivity index (χ1v) is 7.84. The fourth-order valence-electron chi connectivity index (χ4n) is 3.40. The van der Waals surface area contributed by atoms with Crippen molar-refractivity contribution < 1.29 is 9.53 Å². The molecule has 2 rings (SSSR count). The minimum absolute atomic E-state index is 0.0665. The van der Waals surface area contributed by atoms with Gasteiger partial charge in [0.1, 0.15) is 0 Å². The normalized spacial score (nSPS) is 27.8. The SMILES string of the molecule is COC1(C)CC(N(C)C(=O)CC(N)c2ccccc2)C1(C)C. The molecule has 0 spiro atoms. The molecule has 0 saturated heterocycles. The number of carbonyl (C=O) groups excluding carboxylic acids is 1. The summed E-state index contributed by atoms with van der Waals surface area (Å²) >= 11 is 0. The first-order valence-electron chi connectivity index (χ1n) is 7.84. The standard InChI is InChI=1S/C18H28N2O2/c1-17(2)15(12-18(17,3)22-5)20(4)16(21)11-14(19)13-9-7-6-8-10-13/h6-10,14-15H,11-12,19H2,1-5H3. The molecule has 3 atom stereocenters. The van der Waals surface area contributed by atoms with Gasteiger partial charge in [0.15, 0.2) is 0 Å². The van der Waals surface area contributed by atoms with Gasteiger partial charge >= 0.3 is 0 Å². The molecular weight excluding hydrogens is 276 g/mol. The second kappa shape index (κ2) is 6.01. The Labute approximate surface area is 133 Å². The molecule has 0 aromatic heterocycles. The van der Waals surface area contributed by atoms with Crippen molar-refractivity contribution in [2.75, 3.05) is 14.2 Å². The van der Waals surface area contributed by atoms with Gasteiger partial charge in [-0.3, -0.25) is 4.79 Å². The molecule has 1 aromatic rings. The Morgan fingerprint density at radius 3 is 2.45 bits per heavy atom. The number of amides is 1. The van der Waals surface area contributed by atoms with Crippen LogP contribution < -0.4 is 5.73 Å². The molecule has 0 bridgehead atoms. The number of rotatable bonds is 5. The zero-order valence-electron chi connectivity index (χ0n) is 14.3. The minimum Gasteiger partial charge on any atom is -0.378 e. The van der Waals surface area contributed by atoms with E-state index in [-0.39, 0.29) is 29.0 Å². The van der Waals surface area contributed by atoms with Crippen molar-refractivity contribution in [2.45, 2.75) is 51.3 Å². The third-order valence-electron chi connectivity index (χ3n) is 5.71. The van der Waals surface area contributed by atoms with Gasteiger partial charge in [-0.1, -0.05) is 44.2 Å². The van der Waals surface area contributed by atoms with Gasteiger partial charge in [0.25, 0.3) is 0 Å². The van der Waals surface area contributed by atoms with Gasteiger partial charge in [-0.25, -0.2) is 0 Å². The van der Waals surface area contributed by atoms with Crippen molar-refractivity contribution >= 4 is 5.91 Å². The third-order valence-corrected chi connectivity index (χ3v) is 5.71. The summed E-state index contributed by atoms with van der Waals surface area (Å²) in [5.41, 5.74) is 6.93. The number of methoxy groups -OCH3 is 1. The first-order chi connectivity index (χ1) is 10.2. The molecule has 22 heavy (non-hydrogen) atoms. The molecule has 0 aliphatic heterocycles. The Balaban J connectivity index is 1.99. The zero-order chi connectivity index (χ0) is 16.5. The van der Waals surface area contributed by atoms with Crippen LogP contribution in [-0.2, 0) is 9.53 Å². The third kappa shape index (κ3) is 2.77. The van der Waals surface area contributed by atoms with Crippen molar-refractivity contribution in [1.29, 1.82) is 0 Å². The number of nitrogens with two attached hydrogens (primary N) is 1. The topological polar surface area (TPSA) is 55.6 Å². The van der Waals surface area contributed by atoms with Crippen LogP contribution in [0.2, 0.25) is 0 Å². The summed E-state index contributed by atoms with van der Waals surface area (Å²) in [6.07, 6.45) is 1.19. The van der Waals surface area contributed by atoms with Crippen molar-refractivity contribution in [2.24, 2.45) is 11.1 Å². The second-order valence-corrected chi connectivity index (χ2v) is 7.10. The van der Waals surface area contributed by atoms with E-state index >= 15 is 0 Å². The molecule has 0 radical (unpaired) electrons. The van der Waals surface area contributed by atoms with Crippen LogP contribution in [0.15, 0.2) is 30.3 Å². The predicted molar refractivity (Wildman–Crippen MR) is 88.4 cm³/mol. The zero-order valence-corrected chi connectivity index (χ0v) is 14.3. The van der Waals surface area contributed by atoms with Crippen molar-refractivity contribution in [3.8, 4) is 0 Å². The highest BCUT2D eigenvalue weighted by molar-refractivity contribution is 5.77. The van der Waals surface area contributed by atoms with Crippen LogP contribution in [0.3, 0.4) is 0 Å². The number of nitrogens with zero attached hydrogens (tertiary/aromatic N) is 1. The van der Waals surface area contributed by atoms with Crippen LogP contribution >= 0.6 is 0 Å². The largest absolute Gasteiger partial charge is 0.378 e. The summed E-state index contributed by atoms with van der Waals surface area (Å²) < 4.78 is 5.64. The van der Waals surface area contributed by atoms with E-state index in [1.54, 1.807) is 7.11 Å². The van der Waals surface area contributed by atoms with Crippen LogP contribution in [0, 0.1) is 5.41 Å². The number of carbonyl (C=O) groups is 1. The average molecular weight is 304 g/mol. The van der Waals surface area contributed by atoms with Gasteiger partial charge in [0, 0.05) is 38.1 Å². The molecule has 1 fully saturated rings. The van der Waals surface area contributed by atoms with E-state index in [9.17, 15) is 4.79 Å². The smallest absolute Gasteiger partial charge is 0.224 e. The molecule has 1 aliphatic carbocycles. The highest BCUT2D eigenvalue weighted by Gasteiger charge is 2.59. The van der Waals surface area contributed by atoms with E-state index < -0.39 is 0 Å². The van der Waals surface area contributed by atoms with Gasteiger partial charge in [-0.15, -0.1) is 0 Å². The first kappa shape index (κ1) is 17.0. The molecule has 1 saturated carbocycles. The number of ether oxygens (including phenoxy) is 1. The number of hydrogen-bond donors (Lipinski definition) is 1. The lowest BCUT2D eigenvalue weighted by Crippen LogP contribution is -2.68. The van der Waals surface area contributed by atoms with Crippen LogP contribution in [0.1, 0.15) is 45.2 Å². The lowest BCUT2D eigenvalue weighted by atomic mass is 9.55. The van der Waals surface area contributed by atoms with Crippen LogP contribution in [-0.4, -0.2) is 36.6 Å².